The van der Waals surface area contributed by atoms with Gasteiger partial charge in [0.05, 0.1) is 0 Å². The highest BCUT2D eigenvalue weighted by Gasteiger charge is 2.00. The zero-order valence-electron chi connectivity index (χ0n) is 6.59. The molecule has 0 aromatic heterocycles. The lowest BCUT2D eigenvalue weighted by atomic mass is 10.1. The smallest absolute Gasteiger partial charge is 0.0178 e. The monoisotopic (exact) mass is 150 g/mol. The molecule has 0 aromatic rings. The quantitative estimate of drug-likeness (QED) is 0.609. The normalized spacial score (nSPS) is 17.3. The van der Waals surface area contributed by atoms with E-state index in [2.05, 4.69) is 6.08 Å². The summed E-state index contributed by atoms with van der Waals surface area (Å²) in [5.74, 6) is 0. The molecular formula is C9H14N2. The Morgan fingerprint density at radius 1 is 1.18 bits per heavy atom. The first kappa shape index (κ1) is 8.24. The molecule has 0 radical (unpaired) electrons. The van der Waals surface area contributed by atoms with Gasteiger partial charge in [0.15, 0.2) is 0 Å². The fourth-order valence-electron chi connectivity index (χ4n) is 1.14. The van der Waals surface area contributed by atoms with Crippen LogP contribution in [0.25, 0.3) is 0 Å². The predicted molar refractivity (Wildman–Crippen MR) is 48.0 cm³/mol. The SMILES string of the molecule is NCC1=C(CN)CC=CC=C1. The molecule has 0 spiro atoms. The molecule has 1 aliphatic carbocycles. The number of hydrogen-bond acceptors (Lipinski definition) is 2. The molecule has 0 unspecified atom stereocenters. The molecule has 2 nitrogen and oxygen atoms in total. The predicted octanol–water partition coefficient (Wildman–Crippen LogP) is 0.717. The maximum Gasteiger partial charge on any atom is 0.0178 e. The van der Waals surface area contributed by atoms with E-state index in [1.807, 2.05) is 18.2 Å². The van der Waals surface area contributed by atoms with Crippen LogP contribution in [0.2, 0.25) is 0 Å². The summed E-state index contributed by atoms with van der Waals surface area (Å²) < 4.78 is 0. The number of hydrogen-bond donors (Lipinski definition) is 2. The maximum absolute atomic E-state index is 5.56. The van der Waals surface area contributed by atoms with Crippen molar-refractivity contribution in [3.05, 3.63) is 35.5 Å². The summed E-state index contributed by atoms with van der Waals surface area (Å²) in [7, 11) is 0. The Kier molecular flexibility index (Phi) is 3.08. The van der Waals surface area contributed by atoms with E-state index in [9.17, 15) is 0 Å². The van der Waals surface area contributed by atoms with E-state index in [-0.39, 0.29) is 0 Å². The zero-order chi connectivity index (χ0) is 8.10. The lowest BCUT2D eigenvalue weighted by Gasteiger charge is -2.04. The fraction of sp³-hybridized carbons (Fsp3) is 0.333. The summed E-state index contributed by atoms with van der Waals surface area (Å²) in [5.41, 5.74) is 13.5. The molecule has 0 saturated heterocycles. The molecule has 0 bridgehead atoms. The van der Waals surface area contributed by atoms with Crippen LogP contribution < -0.4 is 11.5 Å². The van der Waals surface area contributed by atoms with Crippen molar-refractivity contribution in [1.29, 1.82) is 0 Å². The van der Waals surface area contributed by atoms with E-state index in [4.69, 9.17) is 11.5 Å². The molecule has 11 heavy (non-hydrogen) atoms. The molecule has 0 atom stereocenters. The highest BCUT2D eigenvalue weighted by molar-refractivity contribution is 5.33. The Labute approximate surface area is 67.3 Å². The van der Waals surface area contributed by atoms with Gasteiger partial charge in [-0.25, -0.2) is 0 Å². The van der Waals surface area contributed by atoms with Gasteiger partial charge >= 0.3 is 0 Å². The summed E-state index contributed by atoms with van der Waals surface area (Å²) in [6.45, 7) is 1.20. The molecule has 0 saturated carbocycles. The van der Waals surface area contributed by atoms with Gasteiger partial charge in [-0.3, -0.25) is 0 Å². The van der Waals surface area contributed by atoms with E-state index in [0.717, 1.165) is 6.42 Å². The van der Waals surface area contributed by atoms with Gasteiger partial charge in [-0.05, 0) is 17.6 Å². The van der Waals surface area contributed by atoms with E-state index < -0.39 is 0 Å². The highest BCUT2D eigenvalue weighted by atomic mass is 14.6. The summed E-state index contributed by atoms with van der Waals surface area (Å²) in [5, 5.41) is 0. The largest absolute Gasteiger partial charge is 0.327 e. The third kappa shape index (κ3) is 2.03. The molecule has 0 fully saturated rings. The number of allylic oxidation sites excluding steroid dienone is 3. The van der Waals surface area contributed by atoms with Gasteiger partial charge in [0.2, 0.25) is 0 Å². The third-order valence-electron chi connectivity index (χ3n) is 1.83. The first-order chi connectivity index (χ1) is 5.38. The number of rotatable bonds is 2. The van der Waals surface area contributed by atoms with Crippen LogP contribution in [0.15, 0.2) is 35.5 Å². The Bertz CT molecular complexity index is 212. The van der Waals surface area contributed by atoms with Crippen molar-refractivity contribution < 1.29 is 0 Å². The van der Waals surface area contributed by atoms with E-state index in [1.165, 1.54) is 11.1 Å². The van der Waals surface area contributed by atoms with Gasteiger partial charge in [-0.1, -0.05) is 24.3 Å². The van der Waals surface area contributed by atoms with Gasteiger partial charge < -0.3 is 11.5 Å². The van der Waals surface area contributed by atoms with Crippen molar-refractivity contribution >= 4 is 0 Å². The summed E-state index contributed by atoms with van der Waals surface area (Å²) in [4.78, 5) is 0. The molecule has 0 aliphatic heterocycles. The van der Waals surface area contributed by atoms with Crippen LogP contribution >= 0.6 is 0 Å². The fourth-order valence-corrected chi connectivity index (χ4v) is 1.14. The molecule has 2 heteroatoms. The lowest BCUT2D eigenvalue weighted by molar-refractivity contribution is 1.01. The number of nitrogens with two attached hydrogens (primary N) is 2. The first-order valence-corrected chi connectivity index (χ1v) is 3.82. The van der Waals surface area contributed by atoms with Crippen LogP contribution in [0.1, 0.15) is 6.42 Å². The van der Waals surface area contributed by atoms with Crippen molar-refractivity contribution in [3.8, 4) is 0 Å². The van der Waals surface area contributed by atoms with Gasteiger partial charge in [0, 0.05) is 13.1 Å². The maximum atomic E-state index is 5.56. The van der Waals surface area contributed by atoms with E-state index >= 15 is 0 Å². The van der Waals surface area contributed by atoms with Crippen molar-refractivity contribution in [3.63, 3.8) is 0 Å². The Balaban J connectivity index is 2.85. The Morgan fingerprint density at radius 2 is 2.00 bits per heavy atom. The lowest BCUT2D eigenvalue weighted by Crippen LogP contribution is -2.10. The topological polar surface area (TPSA) is 52.0 Å². The molecule has 1 rings (SSSR count). The molecule has 0 aromatic carbocycles. The first-order valence-electron chi connectivity index (χ1n) is 3.82. The molecule has 0 heterocycles. The van der Waals surface area contributed by atoms with E-state index in [0.29, 0.717) is 13.1 Å². The zero-order valence-corrected chi connectivity index (χ0v) is 6.59. The van der Waals surface area contributed by atoms with E-state index in [1.54, 1.807) is 0 Å². The van der Waals surface area contributed by atoms with Crippen LogP contribution in [0.4, 0.5) is 0 Å². The van der Waals surface area contributed by atoms with Crippen LogP contribution in [0.3, 0.4) is 0 Å². The van der Waals surface area contributed by atoms with Crippen LogP contribution in [-0.4, -0.2) is 13.1 Å². The average Bonchev–Trinajstić information content (AvgIpc) is 2.27. The summed E-state index contributed by atoms with van der Waals surface area (Å²) >= 11 is 0. The van der Waals surface area contributed by atoms with Gasteiger partial charge in [-0.2, -0.15) is 0 Å². The van der Waals surface area contributed by atoms with Crippen molar-refractivity contribution in [2.45, 2.75) is 6.42 Å². The van der Waals surface area contributed by atoms with Crippen molar-refractivity contribution in [2.24, 2.45) is 11.5 Å². The van der Waals surface area contributed by atoms with Gasteiger partial charge in [0.25, 0.3) is 0 Å². The highest BCUT2D eigenvalue weighted by Crippen LogP contribution is 2.12. The average molecular weight is 150 g/mol. The summed E-state index contributed by atoms with van der Waals surface area (Å²) in [6.07, 6.45) is 9.10. The van der Waals surface area contributed by atoms with Crippen LogP contribution in [0.5, 0.6) is 0 Å². The molecule has 60 valence electrons. The van der Waals surface area contributed by atoms with Gasteiger partial charge in [0.1, 0.15) is 0 Å². The second-order valence-corrected chi connectivity index (χ2v) is 2.53. The molecule has 1 aliphatic rings. The standard InChI is InChI=1S/C9H14N2/c10-6-8-4-2-1-3-5-9(8)7-11/h1-4H,5-7,10-11H2. The third-order valence-corrected chi connectivity index (χ3v) is 1.83. The van der Waals surface area contributed by atoms with Gasteiger partial charge in [-0.15, -0.1) is 0 Å². The van der Waals surface area contributed by atoms with Crippen molar-refractivity contribution in [2.75, 3.05) is 13.1 Å². The Hall–Kier alpha value is -0.860. The minimum absolute atomic E-state index is 0.588. The Morgan fingerprint density at radius 3 is 2.64 bits per heavy atom. The molecule has 4 N–H and O–H groups in total. The molecular weight excluding hydrogens is 136 g/mol. The van der Waals surface area contributed by atoms with Crippen LogP contribution in [-0.2, 0) is 0 Å². The van der Waals surface area contributed by atoms with Crippen molar-refractivity contribution in [1.82, 2.24) is 0 Å². The molecule has 0 amide bonds. The minimum Gasteiger partial charge on any atom is -0.327 e. The van der Waals surface area contributed by atoms with Crippen LogP contribution in [0, 0.1) is 0 Å². The second kappa shape index (κ2) is 4.11. The minimum atomic E-state index is 0.588. The summed E-state index contributed by atoms with van der Waals surface area (Å²) in [6, 6.07) is 0. The second-order valence-electron chi connectivity index (χ2n) is 2.53.